The number of hydrazone groups is 1. The van der Waals surface area contributed by atoms with Gasteiger partial charge in [0.2, 0.25) is 0 Å². The highest BCUT2D eigenvalue weighted by molar-refractivity contribution is 6.41. The number of rotatable bonds is 7. The van der Waals surface area contributed by atoms with E-state index in [1.165, 1.54) is 30.5 Å². The van der Waals surface area contributed by atoms with E-state index < -0.39 is 23.8 Å². The van der Waals surface area contributed by atoms with Crippen LogP contribution in [0, 0.1) is 0 Å². The zero-order chi connectivity index (χ0) is 27.6. The highest BCUT2D eigenvalue weighted by Crippen LogP contribution is 2.26. The number of nitrogens with zero attached hydrogens (tertiary/aromatic N) is 1. The number of hydrogen-bond donors (Lipinski definition) is 2. The molecule has 2 N–H and O–H groups in total. The van der Waals surface area contributed by atoms with Crippen molar-refractivity contribution in [3.05, 3.63) is 125 Å². The molecule has 0 aliphatic heterocycles. The largest absolute Gasteiger partial charge is 0.423 e. The number of anilines is 1. The summed E-state index contributed by atoms with van der Waals surface area (Å²) in [5.74, 6) is -3.20. The lowest BCUT2D eigenvalue weighted by Gasteiger charge is -2.10. The summed E-state index contributed by atoms with van der Waals surface area (Å²) in [5, 5.41) is 6.43. The quantitative estimate of drug-likeness (QED) is 0.113. The Morgan fingerprint density at radius 2 is 1.28 bits per heavy atom. The van der Waals surface area contributed by atoms with Crippen LogP contribution in [0.2, 0.25) is 5.02 Å². The third-order valence-corrected chi connectivity index (χ3v) is 5.44. The van der Waals surface area contributed by atoms with E-state index in [-0.39, 0.29) is 33.3 Å². The first kappa shape index (κ1) is 26.8. The second kappa shape index (κ2) is 12.8. The Bertz CT molecular complexity index is 1540. The number of amides is 2. The number of hydrogen-bond acceptors (Lipinski definition) is 7. The molecular weight excluding hydrogens is 522 g/mol. The highest BCUT2D eigenvalue weighted by Gasteiger charge is 2.16. The van der Waals surface area contributed by atoms with E-state index in [9.17, 15) is 19.2 Å². The molecule has 4 aromatic carbocycles. The molecule has 0 aliphatic carbocycles. The van der Waals surface area contributed by atoms with Gasteiger partial charge in [0.05, 0.1) is 28.1 Å². The fraction of sp³-hybridized carbons (Fsp3) is 0. The third kappa shape index (κ3) is 7.37. The zero-order valence-electron chi connectivity index (χ0n) is 20.2. The van der Waals surface area contributed by atoms with Crippen molar-refractivity contribution in [2.75, 3.05) is 5.32 Å². The molecule has 0 radical (unpaired) electrons. The maximum absolute atomic E-state index is 12.7. The predicted molar refractivity (Wildman–Crippen MR) is 145 cm³/mol. The summed E-state index contributed by atoms with van der Waals surface area (Å²) in [4.78, 5) is 49.5. The molecule has 39 heavy (non-hydrogen) atoms. The molecule has 0 atom stereocenters. The molecule has 0 unspecified atom stereocenters. The van der Waals surface area contributed by atoms with Crippen molar-refractivity contribution >= 4 is 47.3 Å². The van der Waals surface area contributed by atoms with Crippen LogP contribution in [0.3, 0.4) is 0 Å². The first-order chi connectivity index (χ1) is 18.9. The highest BCUT2D eigenvalue weighted by atomic mass is 35.5. The van der Waals surface area contributed by atoms with Gasteiger partial charge < -0.3 is 14.8 Å². The number of carbonyl (C=O) groups is 4. The minimum atomic E-state index is -1.05. The van der Waals surface area contributed by atoms with Crippen molar-refractivity contribution in [3.63, 3.8) is 0 Å². The Kier molecular flexibility index (Phi) is 8.79. The summed E-state index contributed by atoms with van der Waals surface area (Å²) in [6.07, 6.45) is 1.18. The molecule has 0 bridgehead atoms. The monoisotopic (exact) mass is 541 g/mol. The second-order valence-electron chi connectivity index (χ2n) is 7.84. The van der Waals surface area contributed by atoms with Crippen molar-refractivity contribution in [3.8, 4) is 11.5 Å². The lowest BCUT2D eigenvalue weighted by molar-refractivity contribution is -0.136. The molecule has 0 aliphatic rings. The SMILES string of the molecule is O=C(N/N=C/c1ccc(OC(=O)c2ccccc2)cc1OC(=O)c1ccccc1)C(=O)Nc1ccccc1Cl. The van der Waals surface area contributed by atoms with Gasteiger partial charge >= 0.3 is 23.8 Å². The standard InChI is InChI=1S/C29H20ClN3O6/c30-23-13-7-8-14-24(23)32-26(34)27(35)33-31-18-21-15-16-22(38-28(36)19-9-3-1-4-10-19)17-25(21)39-29(37)20-11-5-2-6-12-20/h1-18H,(H,32,34)(H,33,35)/b31-18+. The molecule has 0 fully saturated rings. The maximum atomic E-state index is 12.7. The summed E-state index contributed by atoms with van der Waals surface area (Å²) in [5.41, 5.74) is 3.24. The Morgan fingerprint density at radius 1 is 0.692 bits per heavy atom. The smallest absolute Gasteiger partial charge is 0.343 e. The molecule has 0 heterocycles. The first-order valence-corrected chi connectivity index (χ1v) is 11.9. The van der Waals surface area contributed by atoms with E-state index in [1.807, 2.05) is 0 Å². The topological polar surface area (TPSA) is 123 Å². The maximum Gasteiger partial charge on any atom is 0.343 e. The van der Waals surface area contributed by atoms with Gasteiger partial charge in [-0.3, -0.25) is 9.59 Å². The van der Waals surface area contributed by atoms with Gasteiger partial charge in [-0.15, -0.1) is 0 Å². The van der Waals surface area contributed by atoms with E-state index in [0.29, 0.717) is 5.56 Å². The molecule has 9 nitrogen and oxygen atoms in total. The van der Waals surface area contributed by atoms with E-state index in [4.69, 9.17) is 21.1 Å². The average molecular weight is 542 g/mol. The summed E-state index contributed by atoms with van der Waals surface area (Å²) < 4.78 is 10.9. The van der Waals surface area contributed by atoms with Gasteiger partial charge in [0.1, 0.15) is 11.5 Å². The van der Waals surface area contributed by atoms with Crippen LogP contribution in [-0.2, 0) is 9.59 Å². The molecule has 0 aromatic heterocycles. The minimum absolute atomic E-state index is 0.000678. The third-order valence-electron chi connectivity index (χ3n) is 5.12. The summed E-state index contributed by atoms with van der Waals surface area (Å²) >= 11 is 5.99. The molecule has 0 spiro atoms. The second-order valence-corrected chi connectivity index (χ2v) is 8.25. The number of carbonyl (C=O) groups excluding carboxylic acids is 4. The number of nitrogens with one attached hydrogen (secondary N) is 2. The van der Waals surface area contributed by atoms with Gasteiger partial charge in [0.25, 0.3) is 0 Å². The van der Waals surface area contributed by atoms with Crippen LogP contribution in [0.5, 0.6) is 11.5 Å². The van der Waals surface area contributed by atoms with Crippen LogP contribution in [0.15, 0.2) is 108 Å². The molecule has 0 saturated heterocycles. The Balaban J connectivity index is 1.50. The summed E-state index contributed by atoms with van der Waals surface area (Å²) in [6, 6.07) is 27.4. The molecule has 10 heteroatoms. The van der Waals surface area contributed by atoms with E-state index >= 15 is 0 Å². The average Bonchev–Trinajstić information content (AvgIpc) is 2.96. The van der Waals surface area contributed by atoms with Crippen molar-refractivity contribution in [2.24, 2.45) is 5.10 Å². The predicted octanol–water partition coefficient (Wildman–Crippen LogP) is 4.87. The number of para-hydroxylation sites is 1. The van der Waals surface area contributed by atoms with Crippen molar-refractivity contribution in [1.29, 1.82) is 0 Å². The number of benzene rings is 4. The fourth-order valence-electron chi connectivity index (χ4n) is 3.20. The summed E-state index contributed by atoms with van der Waals surface area (Å²) in [6.45, 7) is 0. The van der Waals surface area contributed by atoms with Crippen LogP contribution in [0.25, 0.3) is 0 Å². The number of esters is 2. The number of halogens is 1. The lowest BCUT2D eigenvalue weighted by Crippen LogP contribution is -2.32. The molecule has 4 aromatic rings. The normalized spacial score (nSPS) is 10.5. The van der Waals surface area contributed by atoms with Gasteiger partial charge in [-0.2, -0.15) is 5.10 Å². The van der Waals surface area contributed by atoms with Crippen LogP contribution in [-0.4, -0.2) is 30.0 Å². The molecule has 194 valence electrons. The van der Waals surface area contributed by atoms with Crippen LogP contribution < -0.4 is 20.2 Å². The lowest BCUT2D eigenvalue weighted by atomic mass is 10.2. The van der Waals surface area contributed by atoms with Crippen LogP contribution >= 0.6 is 11.6 Å². The first-order valence-electron chi connectivity index (χ1n) is 11.5. The van der Waals surface area contributed by atoms with Crippen LogP contribution in [0.4, 0.5) is 5.69 Å². The Hall–Kier alpha value is -5.28. The van der Waals surface area contributed by atoms with Crippen molar-refractivity contribution in [2.45, 2.75) is 0 Å². The van der Waals surface area contributed by atoms with Crippen LogP contribution in [0.1, 0.15) is 26.3 Å². The van der Waals surface area contributed by atoms with E-state index in [0.717, 1.165) is 0 Å². The van der Waals surface area contributed by atoms with Gasteiger partial charge in [-0.25, -0.2) is 15.0 Å². The molecular formula is C29H20ClN3O6. The molecule has 2 amide bonds. The van der Waals surface area contributed by atoms with Gasteiger partial charge in [-0.1, -0.05) is 60.1 Å². The van der Waals surface area contributed by atoms with E-state index in [1.54, 1.807) is 78.9 Å². The van der Waals surface area contributed by atoms with Gasteiger partial charge in [0, 0.05) is 11.6 Å². The Labute approximate surface area is 228 Å². The Morgan fingerprint density at radius 3 is 1.92 bits per heavy atom. The fourth-order valence-corrected chi connectivity index (χ4v) is 3.38. The summed E-state index contributed by atoms with van der Waals surface area (Å²) in [7, 11) is 0. The minimum Gasteiger partial charge on any atom is -0.423 e. The van der Waals surface area contributed by atoms with Crippen molar-refractivity contribution in [1.82, 2.24) is 5.43 Å². The van der Waals surface area contributed by atoms with Gasteiger partial charge in [-0.05, 0) is 48.5 Å². The number of ether oxygens (including phenoxy) is 2. The molecule has 0 saturated carbocycles. The zero-order valence-corrected chi connectivity index (χ0v) is 20.9. The molecule has 4 rings (SSSR count). The van der Waals surface area contributed by atoms with E-state index in [2.05, 4.69) is 15.8 Å². The van der Waals surface area contributed by atoms with Gasteiger partial charge in [0.15, 0.2) is 0 Å². The van der Waals surface area contributed by atoms with Crippen molar-refractivity contribution < 1.29 is 28.7 Å².